The van der Waals surface area contributed by atoms with Crippen LogP contribution in [0.5, 0.6) is 5.75 Å². The Morgan fingerprint density at radius 3 is 2.86 bits per heavy atom. The summed E-state index contributed by atoms with van der Waals surface area (Å²) in [5.41, 5.74) is -0.0783. The van der Waals surface area contributed by atoms with Crippen molar-refractivity contribution in [1.29, 1.82) is 5.26 Å². The van der Waals surface area contributed by atoms with Crippen molar-refractivity contribution in [3.63, 3.8) is 0 Å². The average molecular weight is 290 g/mol. The van der Waals surface area contributed by atoms with Gasteiger partial charge in [-0.25, -0.2) is 0 Å². The Balaban J connectivity index is 1.67. The van der Waals surface area contributed by atoms with Crippen molar-refractivity contribution < 1.29 is 14.9 Å². The molecule has 1 aliphatic carbocycles. The molecule has 1 aromatic carbocycles. The molecule has 1 unspecified atom stereocenters. The summed E-state index contributed by atoms with van der Waals surface area (Å²) in [7, 11) is 0. The SMILES string of the molecule is N#Cc1cccc(OCC(O)CNCC2(O)CCCC2)c1. The van der Waals surface area contributed by atoms with Crippen molar-refractivity contribution in [2.24, 2.45) is 0 Å². The smallest absolute Gasteiger partial charge is 0.120 e. The summed E-state index contributed by atoms with van der Waals surface area (Å²) in [5.74, 6) is 0.572. The van der Waals surface area contributed by atoms with Crippen LogP contribution < -0.4 is 10.1 Å². The van der Waals surface area contributed by atoms with Gasteiger partial charge in [0.15, 0.2) is 0 Å². The minimum atomic E-state index is -0.652. The summed E-state index contributed by atoms with van der Waals surface area (Å²) in [6.07, 6.45) is 3.14. The van der Waals surface area contributed by atoms with E-state index in [-0.39, 0.29) is 6.61 Å². The lowest BCUT2D eigenvalue weighted by Gasteiger charge is -2.23. The number of nitriles is 1. The van der Waals surface area contributed by atoms with E-state index in [0.29, 0.717) is 24.4 Å². The van der Waals surface area contributed by atoms with Crippen LogP contribution in [0, 0.1) is 11.3 Å². The first-order chi connectivity index (χ1) is 10.1. The summed E-state index contributed by atoms with van der Waals surface area (Å²) in [6.45, 7) is 1.04. The molecule has 3 N–H and O–H groups in total. The largest absolute Gasteiger partial charge is 0.491 e. The van der Waals surface area contributed by atoms with E-state index in [2.05, 4.69) is 5.32 Å². The molecule has 0 heterocycles. The zero-order valence-corrected chi connectivity index (χ0v) is 12.1. The Kier molecular flexibility index (Phi) is 5.57. The summed E-state index contributed by atoms with van der Waals surface area (Å²) >= 11 is 0. The fourth-order valence-electron chi connectivity index (χ4n) is 2.59. The maximum Gasteiger partial charge on any atom is 0.120 e. The van der Waals surface area contributed by atoms with Gasteiger partial charge in [0.1, 0.15) is 18.5 Å². The molecule has 0 saturated heterocycles. The van der Waals surface area contributed by atoms with Gasteiger partial charge >= 0.3 is 0 Å². The molecule has 1 atom stereocenters. The number of aliphatic hydroxyl groups is 2. The fraction of sp³-hybridized carbons (Fsp3) is 0.562. The monoisotopic (exact) mass is 290 g/mol. The van der Waals surface area contributed by atoms with Crippen LogP contribution in [0.25, 0.3) is 0 Å². The number of nitrogens with one attached hydrogen (secondary N) is 1. The Labute approximate surface area is 125 Å². The van der Waals surface area contributed by atoms with Gasteiger partial charge in [0.25, 0.3) is 0 Å². The van der Waals surface area contributed by atoms with Crippen LogP contribution in [0.1, 0.15) is 31.2 Å². The third-order valence-electron chi connectivity index (χ3n) is 3.77. The van der Waals surface area contributed by atoms with Crippen molar-refractivity contribution in [3.8, 4) is 11.8 Å². The van der Waals surface area contributed by atoms with Gasteiger partial charge in [-0.05, 0) is 31.0 Å². The first-order valence-corrected chi connectivity index (χ1v) is 7.35. The molecule has 0 radical (unpaired) electrons. The molecule has 0 bridgehead atoms. The molecular weight excluding hydrogens is 268 g/mol. The second kappa shape index (κ2) is 7.41. The van der Waals surface area contributed by atoms with E-state index in [9.17, 15) is 10.2 Å². The molecule has 5 nitrogen and oxygen atoms in total. The van der Waals surface area contributed by atoms with Crippen LogP contribution in [0.2, 0.25) is 0 Å². The first kappa shape index (κ1) is 15.8. The maximum atomic E-state index is 10.2. The highest BCUT2D eigenvalue weighted by Crippen LogP contribution is 2.28. The summed E-state index contributed by atoms with van der Waals surface area (Å²) < 4.78 is 5.45. The van der Waals surface area contributed by atoms with Gasteiger partial charge in [0, 0.05) is 13.1 Å². The van der Waals surface area contributed by atoms with Crippen LogP contribution in [0.15, 0.2) is 24.3 Å². The standard InChI is InChI=1S/C16H22N2O3/c17-9-13-4-3-5-15(8-13)21-11-14(19)10-18-12-16(20)6-1-2-7-16/h3-5,8,14,18-20H,1-2,6-7,10-12H2. The highest BCUT2D eigenvalue weighted by molar-refractivity contribution is 5.36. The molecule has 0 spiro atoms. The number of nitrogens with zero attached hydrogens (tertiary/aromatic N) is 1. The molecule has 1 aliphatic rings. The zero-order chi connectivity index (χ0) is 15.1. The zero-order valence-electron chi connectivity index (χ0n) is 12.1. The molecule has 1 saturated carbocycles. The lowest BCUT2D eigenvalue weighted by atomic mass is 10.0. The first-order valence-electron chi connectivity index (χ1n) is 7.35. The van der Waals surface area contributed by atoms with Crippen molar-refractivity contribution in [2.75, 3.05) is 19.7 Å². The highest BCUT2D eigenvalue weighted by atomic mass is 16.5. The molecule has 114 valence electrons. The predicted molar refractivity (Wildman–Crippen MR) is 78.9 cm³/mol. The second-order valence-electron chi connectivity index (χ2n) is 5.67. The van der Waals surface area contributed by atoms with Gasteiger partial charge in [0.05, 0.1) is 17.2 Å². The molecule has 1 aromatic rings. The minimum Gasteiger partial charge on any atom is -0.491 e. The summed E-state index contributed by atoms with van der Waals surface area (Å²) in [5, 5.41) is 31.9. The van der Waals surface area contributed by atoms with E-state index in [1.165, 1.54) is 0 Å². The van der Waals surface area contributed by atoms with Crippen LogP contribution in [0.3, 0.4) is 0 Å². The fourth-order valence-corrected chi connectivity index (χ4v) is 2.59. The van der Waals surface area contributed by atoms with E-state index in [0.717, 1.165) is 25.7 Å². The van der Waals surface area contributed by atoms with E-state index >= 15 is 0 Å². The Morgan fingerprint density at radius 2 is 2.14 bits per heavy atom. The third-order valence-corrected chi connectivity index (χ3v) is 3.77. The molecule has 5 heteroatoms. The number of hydrogen-bond donors (Lipinski definition) is 3. The number of benzene rings is 1. The molecule has 0 aliphatic heterocycles. The predicted octanol–water partition coefficient (Wildman–Crippen LogP) is 1.19. The Morgan fingerprint density at radius 1 is 1.38 bits per heavy atom. The van der Waals surface area contributed by atoms with E-state index < -0.39 is 11.7 Å². The quantitative estimate of drug-likeness (QED) is 0.702. The van der Waals surface area contributed by atoms with E-state index in [1.54, 1.807) is 24.3 Å². The van der Waals surface area contributed by atoms with Gasteiger partial charge in [-0.2, -0.15) is 5.26 Å². The van der Waals surface area contributed by atoms with E-state index in [4.69, 9.17) is 10.00 Å². The van der Waals surface area contributed by atoms with Crippen molar-refractivity contribution in [1.82, 2.24) is 5.32 Å². The second-order valence-corrected chi connectivity index (χ2v) is 5.67. The van der Waals surface area contributed by atoms with Crippen molar-refractivity contribution in [2.45, 2.75) is 37.4 Å². The average Bonchev–Trinajstić information content (AvgIpc) is 2.92. The molecule has 0 aromatic heterocycles. The van der Waals surface area contributed by atoms with Crippen LogP contribution in [0.4, 0.5) is 0 Å². The van der Waals surface area contributed by atoms with E-state index in [1.807, 2.05) is 6.07 Å². The van der Waals surface area contributed by atoms with Crippen molar-refractivity contribution in [3.05, 3.63) is 29.8 Å². The van der Waals surface area contributed by atoms with Gasteiger partial charge in [-0.3, -0.25) is 0 Å². The molecule has 2 rings (SSSR count). The topological polar surface area (TPSA) is 85.5 Å². The maximum absolute atomic E-state index is 10.2. The normalized spacial score (nSPS) is 18.1. The van der Waals surface area contributed by atoms with Gasteiger partial charge < -0.3 is 20.3 Å². The van der Waals surface area contributed by atoms with Crippen LogP contribution in [-0.2, 0) is 0 Å². The Bertz CT molecular complexity index is 493. The molecule has 1 fully saturated rings. The van der Waals surface area contributed by atoms with Gasteiger partial charge in [-0.15, -0.1) is 0 Å². The highest BCUT2D eigenvalue weighted by Gasteiger charge is 2.30. The Hall–Kier alpha value is -1.61. The summed E-state index contributed by atoms with van der Waals surface area (Å²) in [4.78, 5) is 0. The number of ether oxygens (including phenoxy) is 1. The molecule has 0 amide bonds. The number of rotatable bonds is 7. The number of hydrogen-bond acceptors (Lipinski definition) is 5. The third kappa shape index (κ3) is 5.01. The lowest BCUT2D eigenvalue weighted by Crippen LogP contribution is -2.42. The molecular formula is C16H22N2O3. The molecule has 21 heavy (non-hydrogen) atoms. The van der Waals surface area contributed by atoms with Gasteiger partial charge in [-0.1, -0.05) is 18.9 Å². The van der Waals surface area contributed by atoms with Crippen LogP contribution >= 0.6 is 0 Å². The lowest BCUT2D eigenvalue weighted by molar-refractivity contribution is 0.0406. The van der Waals surface area contributed by atoms with Gasteiger partial charge in [0.2, 0.25) is 0 Å². The van der Waals surface area contributed by atoms with Crippen LogP contribution in [-0.4, -0.2) is 41.6 Å². The number of aliphatic hydroxyl groups excluding tert-OH is 1. The minimum absolute atomic E-state index is 0.153. The summed E-state index contributed by atoms with van der Waals surface area (Å²) in [6, 6.07) is 8.88. The van der Waals surface area contributed by atoms with Crippen molar-refractivity contribution >= 4 is 0 Å².